The third-order valence-electron chi connectivity index (χ3n) is 4.65. The summed E-state index contributed by atoms with van der Waals surface area (Å²) in [6.45, 7) is 1.47. The maximum atomic E-state index is 12.5. The summed E-state index contributed by atoms with van der Waals surface area (Å²) in [5.41, 5.74) is 3.51. The van der Waals surface area contributed by atoms with Gasteiger partial charge in [0.05, 0.1) is 18.4 Å². The molecule has 1 fully saturated rings. The standard InChI is InChI=1S/C17H20N4O2S/c22-16(14-7-6-12-3-1-4-13(12)9-14)11-24-17-18-19-20-21(17)10-15-5-2-8-23-15/h6-7,9,15H,1-5,8,10-11H2/t15-/m1/s1. The van der Waals surface area contributed by atoms with Crippen molar-refractivity contribution in [2.45, 2.75) is 49.9 Å². The Morgan fingerprint density at radius 2 is 2.21 bits per heavy atom. The Morgan fingerprint density at radius 1 is 1.29 bits per heavy atom. The molecule has 1 saturated heterocycles. The summed E-state index contributed by atoms with van der Waals surface area (Å²) >= 11 is 1.40. The first-order valence-electron chi connectivity index (χ1n) is 8.45. The van der Waals surface area contributed by atoms with Crippen LogP contribution in [0.3, 0.4) is 0 Å². The minimum absolute atomic E-state index is 0.126. The highest BCUT2D eigenvalue weighted by atomic mass is 32.2. The fourth-order valence-corrected chi connectivity index (χ4v) is 4.14. The second kappa shape index (κ2) is 7.03. The molecule has 0 saturated carbocycles. The zero-order chi connectivity index (χ0) is 16.4. The number of thioether (sulfide) groups is 1. The number of hydrogen-bond acceptors (Lipinski definition) is 6. The highest BCUT2D eigenvalue weighted by molar-refractivity contribution is 7.99. The van der Waals surface area contributed by atoms with E-state index in [9.17, 15) is 4.79 Å². The van der Waals surface area contributed by atoms with E-state index in [1.165, 1.54) is 29.3 Å². The van der Waals surface area contributed by atoms with Gasteiger partial charge in [0.1, 0.15) is 0 Å². The molecule has 6 nitrogen and oxygen atoms in total. The highest BCUT2D eigenvalue weighted by Gasteiger charge is 2.20. The van der Waals surface area contributed by atoms with Gasteiger partial charge in [-0.25, -0.2) is 4.68 Å². The van der Waals surface area contributed by atoms with Gasteiger partial charge in [-0.3, -0.25) is 4.79 Å². The fourth-order valence-electron chi connectivity index (χ4n) is 3.35. The van der Waals surface area contributed by atoms with Crippen LogP contribution in [0.1, 0.15) is 40.7 Å². The molecule has 2 aliphatic rings. The number of ether oxygens (including phenoxy) is 1. The molecule has 4 rings (SSSR count). The quantitative estimate of drug-likeness (QED) is 0.592. The average molecular weight is 344 g/mol. The van der Waals surface area contributed by atoms with Crippen molar-refractivity contribution in [3.05, 3.63) is 34.9 Å². The van der Waals surface area contributed by atoms with Crippen molar-refractivity contribution in [3.63, 3.8) is 0 Å². The van der Waals surface area contributed by atoms with E-state index in [0.717, 1.165) is 37.9 Å². The van der Waals surface area contributed by atoms with Crippen molar-refractivity contribution in [1.29, 1.82) is 0 Å². The van der Waals surface area contributed by atoms with Gasteiger partial charge in [-0.2, -0.15) is 0 Å². The maximum absolute atomic E-state index is 12.5. The van der Waals surface area contributed by atoms with E-state index in [0.29, 0.717) is 17.5 Å². The molecule has 2 heterocycles. The number of hydrogen-bond donors (Lipinski definition) is 0. The SMILES string of the molecule is O=C(CSc1nnnn1C[C@H]1CCCO1)c1ccc2c(c1)CCC2. The van der Waals surface area contributed by atoms with E-state index in [2.05, 4.69) is 27.7 Å². The molecule has 0 N–H and O–H groups in total. The van der Waals surface area contributed by atoms with Crippen LogP contribution in [0.25, 0.3) is 0 Å². The summed E-state index contributed by atoms with van der Waals surface area (Å²) in [4.78, 5) is 12.5. The number of aryl methyl sites for hydroxylation is 2. The number of carbonyl (C=O) groups is 1. The number of aromatic nitrogens is 4. The Bertz CT molecular complexity index is 740. The van der Waals surface area contributed by atoms with Gasteiger partial charge in [0.15, 0.2) is 5.78 Å². The zero-order valence-electron chi connectivity index (χ0n) is 13.5. The van der Waals surface area contributed by atoms with Crippen LogP contribution in [0.15, 0.2) is 23.4 Å². The van der Waals surface area contributed by atoms with Crippen LogP contribution in [0.2, 0.25) is 0 Å². The molecule has 1 aromatic heterocycles. The lowest BCUT2D eigenvalue weighted by atomic mass is 10.0. The summed E-state index contributed by atoms with van der Waals surface area (Å²) < 4.78 is 7.37. The fraction of sp³-hybridized carbons (Fsp3) is 0.529. The molecule has 7 heteroatoms. The van der Waals surface area contributed by atoms with E-state index in [1.807, 2.05) is 6.07 Å². The number of benzene rings is 1. The van der Waals surface area contributed by atoms with Gasteiger partial charge in [-0.05, 0) is 59.7 Å². The number of tetrazole rings is 1. The molecule has 0 bridgehead atoms. The first kappa shape index (κ1) is 15.8. The lowest BCUT2D eigenvalue weighted by Crippen LogP contribution is -2.17. The third kappa shape index (κ3) is 3.37. The van der Waals surface area contributed by atoms with Gasteiger partial charge in [0.25, 0.3) is 0 Å². The summed E-state index contributed by atoms with van der Waals surface area (Å²) in [6.07, 6.45) is 5.73. The summed E-state index contributed by atoms with van der Waals surface area (Å²) in [5, 5.41) is 12.5. The predicted octanol–water partition coefficient (Wildman–Crippen LogP) is 2.32. The molecule has 1 aromatic carbocycles. The number of ketones is 1. The molecule has 0 radical (unpaired) electrons. The van der Waals surface area contributed by atoms with E-state index in [1.54, 1.807) is 4.68 Å². The van der Waals surface area contributed by atoms with Crippen molar-refractivity contribution in [2.75, 3.05) is 12.4 Å². The molecular weight excluding hydrogens is 324 g/mol. The minimum atomic E-state index is 0.126. The number of fused-ring (bicyclic) bond motifs is 1. The van der Waals surface area contributed by atoms with Crippen molar-refractivity contribution in [2.24, 2.45) is 0 Å². The van der Waals surface area contributed by atoms with Gasteiger partial charge < -0.3 is 4.74 Å². The van der Waals surface area contributed by atoms with E-state index < -0.39 is 0 Å². The Labute approximate surface area is 145 Å². The van der Waals surface area contributed by atoms with Crippen LogP contribution < -0.4 is 0 Å². The third-order valence-corrected chi connectivity index (χ3v) is 5.61. The first-order chi connectivity index (χ1) is 11.8. The Hall–Kier alpha value is -1.73. The summed E-state index contributed by atoms with van der Waals surface area (Å²) in [7, 11) is 0. The predicted molar refractivity (Wildman–Crippen MR) is 90.3 cm³/mol. The Morgan fingerprint density at radius 3 is 3.08 bits per heavy atom. The van der Waals surface area contributed by atoms with Crippen LogP contribution in [0.5, 0.6) is 0 Å². The van der Waals surface area contributed by atoms with Crippen LogP contribution >= 0.6 is 11.8 Å². The van der Waals surface area contributed by atoms with Crippen molar-refractivity contribution >= 4 is 17.5 Å². The molecule has 0 spiro atoms. The number of rotatable bonds is 6. The largest absolute Gasteiger partial charge is 0.376 e. The van der Waals surface area contributed by atoms with Crippen LogP contribution in [-0.2, 0) is 24.1 Å². The van der Waals surface area contributed by atoms with E-state index >= 15 is 0 Å². The lowest BCUT2D eigenvalue weighted by Gasteiger charge is -2.10. The molecule has 0 amide bonds. The highest BCUT2D eigenvalue weighted by Crippen LogP contribution is 2.24. The van der Waals surface area contributed by atoms with Crippen molar-refractivity contribution in [1.82, 2.24) is 20.2 Å². The van der Waals surface area contributed by atoms with Gasteiger partial charge in [-0.1, -0.05) is 23.9 Å². The Balaban J connectivity index is 1.38. The number of nitrogens with zero attached hydrogens (tertiary/aromatic N) is 4. The van der Waals surface area contributed by atoms with E-state index in [-0.39, 0.29) is 11.9 Å². The normalized spacial score (nSPS) is 19.6. The minimum Gasteiger partial charge on any atom is -0.376 e. The molecule has 0 unspecified atom stereocenters. The van der Waals surface area contributed by atoms with Gasteiger partial charge >= 0.3 is 0 Å². The number of Topliss-reactive ketones (excluding diaryl/α,β-unsaturated/α-hetero) is 1. The van der Waals surface area contributed by atoms with Gasteiger partial charge in [0.2, 0.25) is 5.16 Å². The molecule has 1 aliphatic heterocycles. The average Bonchev–Trinajstić information content (AvgIpc) is 3.34. The number of carbonyl (C=O) groups excluding carboxylic acids is 1. The summed E-state index contributed by atoms with van der Waals surface area (Å²) in [5.74, 6) is 0.478. The van der Waals surface area contributed by atoms with Crippen LogP contribution in [0, 0.1) is 0 Å². The second-order valence-electron chi connectivity index (χ2n) is 6.33. The molecule has 1 aliphatic carbocycles. The second-order valence-corrected chi connectivity index (χ2v) is 7.27. The van der Waals surface area contributed by atoms with Crippen LogP contribution in [0.4, 0.5) is 0 Å². The first-order valence-corrected chi connectivity index (χ1v) is 9.44. The zero-order valence-corrected chi connectivity index (χ0v) is 14.3. The topological polar surface area (TPSA) is 69.9 Å². The molecule has 1 atom stereocenters. The Kier molecular flexibility index (Phi) is 4.62. The van der Waals surface area contributed by atoms with Gasteiger partial charge in [0, 0.05) is 12.2 Å². The van der Waals surface area contributed by atoms with Crippen molar-refractivity contribution in [3.8, 4) is 0 Å². The summed E-state index contributed by atoms with van der Waals surface area (Å²) in [6, 6.07) is 6.10. The van der Waals surface area contributed by atoms with Gasteiger partial charge in [-0.15, -0.1) is 5.10 Å². The lowest BCUT2D eigenvalue weighted by molar-refractivity contribution is 0.0912. The molecular formula is C17H20N4O2S. The molecule has 126 valence electrons. The van der Waals surface area contributed by atoms with E-state index in [4.69, 9.17) is 4.74 Å². The molecule has 24 heavy (non-hydrogen) atoms. The monoisotopic (exact) mass is 344 g/mol. The van der Waals surface area contributed by atoms with Crippen molar-refractivity contribution < 1.29 is 9.53 Å². The molecule has 2 aromatic rings. The maximum Gasteiger partial charge on any atom is 0.209 e. The smallest absolute Gasteiger partial charge is 0.209 e. The van der Waals surface area contributed by atoms with Crippen LogP contribution in [-0.4, -0.2) is 44.5 Å².